The normalized spacial score (nSPS) is 13.6. The molecule has 7 nitrogen and oxygen atoms in total. The Morgan fingerprint density at radius 1 is 1.31 bits per heavy atom. The van der Waals surface area contributed by atoms with Crippen LogP contribution < -0.4 is 10.6 Å². The van der Waals surface area contributed by atoms with Gasteiger partial charge in [0, 0.05) is 0 Å². The highest BCUT2D eigenvalue weighted by Crippen LogP contribution is 2.35. The number of carbonyl (C=O) groups is 1. The van der Waals surface area contributed by atoms with Crippen molar-refractivity contribution in [3.63, 3.8) is 0 Å². The van der Waals surface area contributed by atoms with Crippen LogP contribution in [0.2, 0.25) is 18.1 Å². The van der Waals surface area contributed by atoms with Gasteiger partial charge < -0.3 is 14.4 Å². The van der Waals surface area contributed by atoms with Gasteiger partial charge in [0.2, 0.25) is 8.32 Å². The Bertz CT molecular complexity index is 359. The molecule has 0 heterocycles. The van der Waals surface area contributed by atoms with Crippen LogP contribution >= 0.6 is 0 Å². The molecule has 0 saturated heterocycles. The molecule has 3 N–H and O–H groups in total. The van der Waals surface area contributed by atoms with Crippen LogP contribution in [0.3, 0.4) is 0 Å². The molecule has 0 aliphatic rings. The minimum atomic E-state index is -4.29. The smallest absolute Gasteiger partial charge is 0.334 e. The van der Waals surface area contributed by atoms with E-state index >= 15 is 0 Å². The van der Waals surface area contributed by atoms with Crippen molar-refractivity contribution in [1.29, 1.82) is 0 Å². The molecule has 0 rings (SSSR count). The Morgan fingerprint density at radius 3 is 2.06 bits per heavy atom. The second kappa shape index (κ2) is 4.70. The fraction of sp³-hybridized carbons (Fsp3) is 0.857. The SMILES string of the molecule is CC(C)(C)[Si](C)(C)ONS(=O)(=O)OC(N)=O. The molecule has 0 fully saturated rings. The third kappa shape index (κ3) is 4.92. The first-order chi connectivity index (χ1) is 6.87. The Kier molecular flexibility index (Phi) is 4.51. The van der Waals surface area contributed by atoms with Crippen molar-refractivity contribution < 1.29 is 21.9 Å². The minimum absolute atomic E-state index is 0.178. The number of nitrogens with one attached hydrogen (secondary N) is 1. The number of primary amides is 1. The van der Waals surface area contributed by atoms with Gasteiger partial charge in [-0.25, -0.2) is 4.79 Å². The number of nitrogens with two attached hydrogens (primary N) is 1. The monoisotopic (exact) mass is 270 g/mol. The lowest BCUT2D eigenvalue weighted by Gasteiger charge is -2.34. The number of hydrogen-bond donors (Lipinski definition) is 2. The minimum Gasteiger partial charge on any atom is -0.334 e. The molecule has 96 valence electrons. The second-order valence-electron chi connectivity index (χ2n) is 4.80. The lowest BCUT2D eigenvalue weighted by molar-refractivity contribution is 0.194. The molecule has 0 aliphatic carbocycles. The van der Waals surface area contributed by atoms with E-state index in [2.05, 4.69) is 9.92 Å². The van der Waals surface area contributed by atoms with Gasteiger partial charge in [0.1, 0.15) is 0 Å². The Morgan fingerprint density at radius 2 is 1.75 bits per heavy atom. The predicted molar refractivity (Wildman–Crippen MR) is 61.0 cm³/mol. The van der Waals surface area contributed by atoms with Gasteiger partial charge in [-0.3, -0.25) is 0 Å². The van der Waals surface area contributed by atoms with Crippen molar-refractivity contribution in [3.8, 4) is 0 Å². The summed E-state index contributed by atoms with van der Waals surface area (Å²) in [7, 11) is -6.57. The highest BCUT2D eigenvalue weighted by atomic mass is 32.2. The average molecular weight is 270 g/mol. The molecule has 0 spiro atoms. The maximum absolute atomic E-state index is 11.1. The van der Waals surface area contributed by atoms with E-state index in [1.807, 2.05) is 33.9 Å². The number of hydrogen-bond acceptors (Lipinski definition) is 5. The highest BCUT2D eigenvalue weighted by molar-refractivity contribution is 7.85. The van der Waals surface area contributed by atoms with E-state index in [1.165, 1.54) is 0 Å². The zero-order valence-electron chi connectivity index (χ0n) is 10.0. The van der Waals surface area contributed by atoms with Gasteiger partial charge in [0.25, 0.3) is 0 Å². The van der Waals surface area contributed by atoms with E-state index in [4.69, 9.17) is 4.53 Å². The molecule has 0 radical (unpaired) electrons. The van der Waals surface area contributed by atoms with Crippen molar-refractivity contribution in [1.82, 2.24) is 4.89 Å². The van der Waals surface area contributed by atoms with Crippen molar-refractivity contribution in [3.05, 3.63) is 0 Å². The molecule has 9 heteroatoms. The van der Waals surface area contributed by atoms with Crippen LogP contribution in [0.1, 0.15) is 20.8 Å². The zero-order valence-corrected chi connectivity index (χ0v) is 11.8. The van der Waals surface area contributed by atoms with E-state index in [1.54, 1.807) is 4.89 Å². The van der Waals surface area contributed by atoms with Gasteiger partial charge in [-0.1, -0.05) is 25.7 Å². The van der Waals surface area contributed by atoms with Crippen molar-refractivity contribution in [2.75, 3.05) is 0 Å². The van der Waals surface area contributed by atoms with Crippen LogP contribution in [0, 0.1) is 0 Å². The molecule has 0 aromatic rings. The average Bonchev–Trinajstić information content (AvgIpc) is 1.96. The van der Waals surface area contributed by atoms with E-state index < -0.39 is 24.7 Å². The standard InChI is InChI=1S/C7H18N2O5SSi/c1-7(2,3)16(4,5)14-9-15(11,12)13-6(8)10/h9H,1-5H3,(H2,8,10). The van der Waals surface area contributed by atoms with Crippen LogP contribution in [-0.2, 0) is 19.0 Å². The molecule has 0 bridgehead atoms. The molecule has 0 atom stereocenters. The molecule has 0 aliphatic heterocycles. The summed E-state index contributed by atoms with van der Waals surface area (Å²) in [5.41, 5.74) is 4.58. The first-order valence-corrected chi connectivity index (χ1v) is 8.88. The van der Waals surface area contributed by atoms with Crippen LogP contribution in [-0.4, -0.2) is 22.8 Å². The lowest BCUT2D eigenvalue weighted by Crippen LogP contribution is -2.47. The Labute approximate surface area is 96.6 Å². The molecule has 1 amide bonds. The Hall–Kier alpha value is -0.643. The summed E-state index contributed by atoms with van der Waals surface area (Å²) >= 11 is 0. The third-order valence-corrected chi connectivity index (χ3v) is 7.44. The van der Waals surface area contributed by atoms with Crippen molar-refractivity contribution in [2.24, 2.45) is 5.73 Å². The van der Waals surface area contributed by atoms with Crippen LogP contribution in [0.4, 0.5) is 4.79 Å². The third-order valence-electron chi connectivity index (χ3n) is 2.40. The predicted octanol–water partition coefficient (Wildman–Crippen LogP) is 0.853. The van der Waals surface area contributed by atoms with E-state index in [0.717, 1.165) is 0 Å². The first kappa shape index (κ1) is 15.4. The summed E-state index contributed by atoms with van der Waals surface area (Å²) in [6.45, 7) is 9.47. The maximum atomic E-state index is 11.1. The summed E-state index contributed by atoms with van der Waals surface area (Å²) in [4.78, 5) is 12.0. The van der Waals surface area contributed by atoms with Crippen molar-refractivity contribution >= 4 is 24.7 Å². The summed E-state index contributed by atoms with van der Waals surface area (Å²) < 4.78 is 31.1. The number of rotatable bonds is 4. The summed E-state index contributed by atoms with van der Waals surface area (Å²) in [5, 5.41) is -0.178. The quantitative estimate of drug-likeness (QED) is 0.581. The second-order valence-corrected chi connectivity index (χ2v) is 10.8. The van der Waals surface area contributed by atoms with Gasteiger partial charge in [0.15, 0.2) is 0 Å². The van der Waals surface area contributed by atoms with Gasteiger partial charge in [0.05, 0.1) is 0 Å². The fourth-order valence-corrected chi connectivity index (χ4v) is 2.23. The van der Waals surface area contributed by atoms with Crippen LogP contribution in [0.5, 0.6) is 0 Å². The molecular weight excluding hydrogens is 252 g/mol. The summed E-state index contributed by atoms with van der Waals surface area (Å²) in [5.74, 6) is 0. The van der Waals surface area contributed by atoms with Crippen molar-refractivity contribution in [2.45, 2.75) is 38.9 Å². The fourth-order valence-electron chi connectivity index (χ4n) is 0.433. The first-order valence-electron chi connectivity index (χ1n) is 4.56. The molecule has 0 unspecified atom stereocenters. The summed E-state index contributed by atoms with van der Waals surface area (Å²) in [6, 6.07) is 0. The molecule has 0 aromatic carbocycles. The van der Waals surface area contributed by atoms with E-state index in [9.17, 15) is 13.2 Å². The Balaban J connectivity index is 4.53. The highest BCUT2D eigenvalue weighted by Gasteiger charge is 2.39. The van der Waals surface area contributed by atoms with Gasteiger partial charge in [-0.05, 0) is 18.1 Å². The number of amides is 1. The zero-order chi connectivity index (χ0) is 13.2. The molecule has 0 saturated carbocycles. The van der Waals surface area contributed by atoms with Gasteiger partial charge in [-0.2, -0.15) is 8.42 Å². The van der Waals surface area contributed by atoms with E-state index in [0.29, 0.717) is 0 Å². The number of carbonyl (C=O) groups excluding carboxylic acids is 1. The molecule has 0 aromatic heterocycles. The van der Waals surface area contributed by atoms with E-state index in [-0.39, 0.29) is 5.04 Å². The molecule has 16 heavy (non-hydrogen) atoms. The lowest BCUT2D eigenvalue weighted by atomic mass is 10.2. The summed E-state index contributed by atoms with van der Waals surface area (Å²) in [6.07, 6.45) is -1.41. The van der Waals surface area contributed by atoms with Crippen LogP contribution in [0.15, 0.2) is 0 Å². The topological polar surface area (TPSA) is 108 Å². The molecular formula is C7H18N2O5SSi. The maximum Gasteiger partial charge on any atom is 0.421 e. The van der Waals surface area contributed by atoms with Gasteiger partial charge in [-0.15, -0.1) is 0 Å². The van der Waals surface area contributed by atoms with Gasteiger partial charge >= 0.3 is 16.4 Å². The largest absolute Gasteiger partial charge is 0.421 e. The van der Waals surface area contributed by atoms with Crippen LogP contribution in [0.25, 0.3) is 0 Å².